The maximum absolute atomic E-state index is 13.1. The summed E-state index contributed by atoms with van der Waals surface area (Å²) in [5.74, 6) is 1.18. The fourth-order valence-corrected chi connectivity index (χ4v) is 4.14. The molecule has 0 radical (unpaired) electrons. The number of rotatable bonds is 3. The topological polar surface area (TPSA) is 43.1 Å². The second-order valence-corrected chi connectivity index (χ2v) is 7.32. The summed E-state index contributed by atoms with van der Waals surface area (Å²) in [6.45, 7) is 5.33. The van der Waals surface area contributed by atoms with Crippen LogP contribution in [-0.2, 0) is 18.4 Å². The zero-order valence-corrected chi connectivity index (χ0v) is 15.8. The molecule has 2 aromatic heterocycles. The molecule has 1 saturated heterocycles. The van der Waals surface area contributed by atoms with Crippen LogP contribution in [0.1, 0.15) is 42.5 Å². The van der Waals surface area contributed by atoms with Gasteiger partial charge in [-0.3, -0.25) is 4.79 Å². The average Bonchev–Trinajstić information content (AvgIpc) is 3.16. The summed E-state index contributed by atoms with van der Waals surface area (Å²) in [7, 11) is 2.06. The molecular weight excluding hydrogens is 324 g/mol. The lowest BCUT2D eigenvalue weighted by molar-refractivity contribution is -0.136. The van der Waals surface area contributed by atoms with Crippen molar-refractivity contribution in [1.82, 2.24) is 19.0 Å². The van der Waals surface area contributed by atoms with Gasteiger partial charge in [0.05, 0.1) is 17.1 Å². The van der Waals surface area contributed by atoms with E-state index in [4.69, 9.17) is 4.98 Å². The van der Waals surface area contributed by atoms with E-state index in [2.05, 4.69) is 48.2 Å². The molecule has 136 valence electrons. The summed E-state index contributed by atoms with van der Waals surface area (Å²) in [5, 5.41) is 0. The van der Waals surface area contributed by atoms with Crippen LogP contribution in [0.4, 0.5) is 0 Å². The number of fused-ring (bicyclic) bond motifs is 1. The number of hydrogen-bond acceptors (Lipinski definition) is 2. The van der Waals surface area contributed by atoms with Gasteiger partial charge in [0.2, 0.25) is 5.91 Å². The molecule has 0 spiro atoms. The fourth-order valence-electron chi connectivity index (χ4n) is 4.14. The van der Waals surface area contributed by atoms with Crippen LogP contribution in [-0.4, -0.2) is 31.5 Å². The van der Waals surface area contributed by atoms with E-state index >= 15 is 0 Å². The van der Waals surface area contributed by atoms with Crippen molar-refractivity contribution >= 4 is 16.9 Å². The van der Waals surface area contributed by atoms with Crippen LogP contribution in [0.3, 0.4) is 0 Å². The van der Waals surface area contributed by atoms with Gasteiger partial charge in [0.15, 0.2) is 0 Å². The Morgan fingerprint density at radius 3 is 2.58 bits per heavy atom. The normalized spacial score (nSPS) is 17.8. The van der Waals surface area contributed by atoms with Crippen LogP contribution in [0.5, 0.6) is 0 Å². The van der Waals surface area contributed by atoms with E-state index in [9.17, 15) is 4.79 Å². The second kappa shape index (κ2) is 6.63. The fraction of sp³-hybridized carbons (Fsp3) is 0.429. The molecule has 1 aliphatic heterocycles. The summed E-state index contributed by atoms with van der Waals surface area (Å²) >= 11 is 0. The first-order chi connectivity index (χ1) is 12.6. The lowest BCUT2D eigenvalue weighted by Gasteiger charge is -2.35. The molecule has 1 fully saturated rings. The van der Waals surface area contributed by atoms with Crippen molar-refractivity contribution in [2.75, 3.05) is 6.54 Å². The molecule has 1 atom stereocenters. The molecule has 0 saturated carbocycles. The van der Waals surface area contributed by atoms with Gasteiger partial charge in [0.1, 0.15) is 12.4 Å². The summed E-state index contributed by atoms with van der Waals surface area (Å²) in [5.41, 5.74) is 4.39. The number of piperidine rings is 1. The third-order valence-electron chi connectivity index (χ3n) is 5.65. The number of imidazole rings is 1. The number of carbonyl (C=O) groups excluding carboxylic acids is 1. The Bertz CT molecular complexity index is 933. The monoisotopic (exact) mass is 350 g/mol. The Hall–Kier alpha value is -2.56. The first-order valence-corrected chi connectivity index (χ1v) is 9.40. The van der Waals surface area contributed by atoms with Gasteiger partial charge in [-0.15, -0.1) is 0 Å². The number of nitrogens with zero attached hydrogens (tertiary/aromatic N) is 4. The van der Waals surface area contributed by atoms with E-state index < -0.39 is 0 Å². The summed E-state index contributed by atoms with van der Waals surface area (Å²) < 4.78 is 4.25. The molecule has 0 aliphatic carbocycles. The van der Waals surface area contributed by atoms with Crippen molar-refractivity contribution in [3.63, 3.8) is 0 Å². The highest BCUT2D eigenvalue weighted by Gasteiger charge is 2.31. The number of amides is 1. The lowest BCUT2D eigenvalue weighted by Crippen LogP contribution is -2.41. The number of likely N-dealkylation sites (tertiary alicyclic amines) is 1. The van der Waals surface area contributed by atoms with Crippen LogP contribution in [0.25, 0.3) is 11.0 Å². The number of benzene rings is 1. The molecule has 5 heteroatoms. The highest BCUT2D eigenvalue weighted by molar-refractivity contribution is 5.78. The van der Waals surface area contributed by atoms with Gasteiger partial charge in [0, 0.05) is 25.0 Å². The third kappa shape index (κ3) is 2.81. The van der Waals surface area contributed by atoms with Gasteiger partial charge in [-0.05, 0) is 57.4 Å². The van der Waals surface area contributed by atoms with Gasteiger partial charge in [-0.1, -0.05) is 12.1 Å². The van der Waals surface area contributed by atoms with Gasteiger partial charge in [-0.25, -0.2) is 4.98 Å². The number of aromatic nitrogens is 3. The first-order valence-electron chi connectivity index (χ1n) is 9.40. The predicted molar refractivity (Wildman–Crippen MR) is 103 cm³/mol. The quantitative estimate of drug-likeness (QED) is 0.722. The van der Waals surface area contributed by atoms with Gasteiger partial charge >= 0.3 is 0 Å². The van der Waals surface area contributed by atoms with E-state index in [0.29, 0.717) is 6.54 Å². The van der Waals surface area contributed by atoms with Gasteiger partial charge in [0.25, 0.3) is 0 Å². The molecule has 1 amide bonds. The van der Waals surface area contributed by atoms with Crippen molar-refractivity contribution in [3.05, 3.63) is 53.6 Å². The van der Waals surface area contributed by atoms with Crippen molar-refractivity contribution in [2.45, 2.75) is 45.7 Å². The third-order valence-corrected chi connectivity index (χ3v) is 5.65. The number of para-hydroxylation sites is 2. The van der Waals surface area contributed by atoms with E-state index in [0.717, 1.165) is 54.1 Å². The highest BCUT2D eigenvalue weighted by atomic mass is 16.2. The Labute approximate surface area is 154 Å². The molecule has 1 aromatic carbocycles. The van der Waals surface area contributed by atoms with E-state index in [1.165, 1.54) is 0 Å². The van der Waals surface area contributed by atoms with Crippen LogP contribution in [0, 0.1) is 13.8 Å². The van der Waals surface area contributed by atoms with E-state index in [1.54, 1.807) is 0 Å². The molecule has 5 nitrogen and oxygen atoms in total. The highest BCUT2D eigenvalue weighted by Crippen LogP contribution is 2.32. The summed E-state index contributed by atoms with van der Waals surface area (Å²) in [6, 6.07) is 12.4. The van der Waals surface area contributed by atoms with Crippen molar-refractivity contribution in [3.8, 4) is 0 Å². The minimum Gasteiger partial charge on any atom is -0.340 e. The number of hydrogen-bond donors (Lipinski definition) is 0. The molecular formula is C21H26N4O. The smallest absolute Gasteiger partial charge is 0.243 e. The largest absolute Gasteiger partial charge is 0.340 e. The standard InChI is InChI=1S/C21H26N4O/c1-15-11-12-16(2)25(15)14-20(26)24-13-7-6-10-19(24)21-22-17-8-4-5-9-18(17)23(21)3/h4-5,8-9,11-12,19H,6-7,10,13-14H2,1-3H3. The molecule has 1 aliphatic rings. The maximum Gasteiger partial charge on any atom is 0.243 e. The molecule has 0 N–H and O–H groups in total. The Balaban J connectivity index is 1.65. The van der Waals surface area contributed by atoms with Gasteiger partial charge in [-0.2, -0.15) is 0 Å². The Morgan fingerprint density at radius 1 is 1.12 bits per heavy atom. The predicted octanol–water partition coefficient (Wildman–Crippen LogP) is 3.75. The zero-order chi connectivity index (χ0) is 18.3. The average molecular weight is 350 g/mol. The van der Waals surface area contributed by atoms with Crippen molar-refractivity contribution in [1.29, 1.82) is 0 Å². The Kier molecular flexibility index (Phi) is 4.31. The SMILES string of the molecule is Cc1ccc(C)n1CC(=O)N1CCCCC1c1nc2ccccc2n1C. The molecule has 4 rings (SSSR count). The molecule has 1 unspecified atom stereocenters. The van der Waals surface area contributed by atoms with Crippen molar-refractivity contribution in [2.24, 2.45) is 7.05 Å². The van der Waals surface area contributed by atoms with E-state index in [1.807, 2.05) is 23.1 Å². The van der Waals surface area contributed by atoms with Crippen LogP contribution in [0.2, 0.25) is 0 Å². The van der Waals surface area contributed by atoms with Crippen molar-refractivity contribution < 1.29 is 4.79 Å². The minimum absolute atomic E-state index is 0.0600. The van der Waals surface area contributed by atoms with E-state index in [-0.39, 0.29) is 11.9 Å². The molecule has 0 bridgehead atoms. The second-order valence-electron chi connectivity index (χ2n) is 7.32. The summed E-state index contributed by atoms with van der Waals surface area (Å²) in [6.07, 6.45) is 3.18. The molecule has 3 aromatic rings. The molecule has 3 heterocycles. The molecule has 26 heavy (non-hydrogen) atoms. The minimum atomic E-state index is 0.0600. The lowest BCUT2D eigenvalue weighted by atomic mass is 10.0. The van der Waals surface area contributed by atoms with Crippen LogP contribution >= 0.6 is 0 Å². The first kappa shape index (κ1) is 16.9. The zero-order valence-electron chi connectivity index (χ0n) is 15.8. The number of carbonyl (C=O) groups is 1. The van der Waals surface area contributed by atoms with Crippen LogP contribution < -0.4 is 0 Å². The Morgan fingerprint density at radius 2 is 1.85 bits per heavy atom. The van der Waals surface area contributed by atoms with Gasteiger partial charge < -0.3 is 14.0 Å². The maximum atomic E-state index is 13.1. The van der Waals surface area contributed by atoms with Crippen LogP contribution in [0.15, 0.2) is 36.4 Å². The summed E-state index contributed by atoms with van der Waals surface area (Å²) in [4.78, 5) is 20.1. The number of aryl methyl sites for hydroxylation is 3.